The summed E-state index contributed by atoms with van der Waals surface area (Å²) in [4.78, 5) is 0. The molecule has 13 heavy (non-hydrogen) atoms. The van der Waals surface area contributed by atoms with Crippen molar-refractivity contribution in [3.63, 3.8) is 0 Å². The van der Waals surface area contributed by atoms with Crippen LogP contribution >= 0.6 is 0 Å². The van der Waals surface area contributed by atoms with Crippen molar-refractivity contribution in [3.8, 4) is 0 Å². The molecule has 0 amide bonds. The minimum Gasteiger partial charge on any atom is -0.362 e. The highest BCUT2D eigenvalue weighted by molar-refractivity contribution is 4.69. The van der Waals surface area contributed by atoms with Crippen molar-refractivity contribution in [2.75, 3.05) is 6.67 Å². The van der Waals surface area contributed by atoms with E-state index in [1.54, 1.807) is 0 Å². The second-order valence-electron chi connectivity index (χ2n) is 2.87. The summed E-state index contributed by atoms with van der Waals surface area (Å²) in [6, 6.07) is 0. The molecule has 80 valence electrons. The third-order valence-electron chi connectivity index (χ3n) is 1.72. The second-order valence-corrected chi connectivity index (χ2v) is 2.87. The molecular weight excluding hydrogens is 188 g/mol. The van der Waals surface area contributed by atoms with Crippen LogP contribution in [0.3, 0.4) is 0 Å². The fourth-order valence-corrected chi connectivity index (χ4v) is 0.942. The summed E-state index contributed by atoms with van der Waals surface area (Å²) in [7, 11) is 0. The zero-order valence-corrected chi connectivity index (χ0v) is 7.23. The first-order valence-corrected chi connectivity index (χ1v) is 4.26. The topological polar surface area (TPSA) is 20.2 Å². The zero-order valence-electron chi connectivity index (χ0n) is 7.23. The molecule has 0 heterocycles. The van der Waals surface area contributed by atoms with Crippen molar-refractivity contribution in [2.45, 2.75) is 44.4 Å². The molecule has 0 rings (SSSR count). The van der Waals surface area contributed by atoms with E-state index >= 15 is 0 Å². The normalized spacial score (nSPS) is 18.2. The van der Waals surface area contributed by atoms with E-state index in [-0.39, 0.29) is 6.42 Å². The van der Waals surface area contributed by atoms with E-state index in [0.717, 1.165) is 0 Å². The van der Waals surface area contributed by atoms with Crippen LogP contribution in [-0.2, 0) is 0 Å². The Morgan fingerprint density at radius 1 is 1.00 bits per heavy atom. The smallest absolute Gasteiger partial charge is 0.230 e. The van der Waals surface area contributed by atoms with E-state index in [9.17, 15) is 17.6 Å². The molecule has 0 bridgehead atoms. The van der Waals surface area contributed by atoms with E-state index in [4.69, 9.17) is 5.11 Å². The average molecular weight is 202 g/mol. The highest BCUT2D eigenvalue weighted by Crippen LogP contribution is 2.16. The Bertz CT molecular complexity index is 121. The number of rotatable bonds is 7. The number of hydrogen-bond donors (Lipinski definition) is 1. The molecule has 0 aromatic carbocycles. The van der Waals surface area contributed by atoms with Crippen LogP contribution in [0.4, 0.5) is 17.6 Å². The van der Waals surface area contributed by atoms with Gasteiger partial charge in [-0.2, -0.15) is 0 Å². The lowest BCUT2D eigenvalue weighted by atomic mass is 10.1. The molecule has 1 N–H and O–H groups in total. The van der Waals surface area contributed by atoms with Crippen molar-refractivity contribution >= 4 is 0 Å². The Kier molecular flexibility index (Phi) is 6.94. The monoisotopic (exact) mass is 202 g/mol. The first kappa shape index (κ1) is 12.7. The van der Waals surface area contributed by atoms with Gasteiger partial charge in [-0.3, -0.25) is 4.39 Å². The maximum absolute atomic E-state index is 12.6. The van der Waals surface area contributed by atoms with Crippen LogP contribution in [0.2, 0.25) is 0 Å². The van der Waals surface area contributed by atoms with Crippen LogP contribution in [0.15, 0.2) is 0 Å². The highest BCUT2D eigenvalue weighted by atomic mass is 19.2. The molecule has 0 spiro atoms. The van der Waals surface area contributed by atoms with E-state index in [0.29, 0.717) is 19.3 Å². The summed E-state index contributed by atoms with van der Waals surface area (Å²) in [5.41, 5.74) is 0. The molecule has 0 saturated carbocycles. The number of hydrogen-bond acceptors (Lipinski definition) is 1. The van der Waals surface area contributed by atoms with Crippen molar-refractivity contribution < 1.29 is 22.7 Å². The van der Waals surface area contributed by atoms with Crippen LogP contribution in [0, 0.1) is 0 Å². The molecule has 0 fully saturated rings. The molecular formula is C8H14F4O. The molecule has 0 saturated heterocycles. The number of unbranched alkanes of at least 4 members (excludes halogenated alkanes) is 2. The maximum Gasteiger partial charge on any atom is 0.230 e. The van der Waals surface area contributed by atoms with E-state index in [1.165, 1.54) is 0 Å². The van der Waals surface area contributed by atoms with Crippen molar-refractivity contribution in [1.82, 2.24) is 0 Å². The minimum atomic E-state index is -2.77. The maximum atomic E-state index is 12.6. The van der Waals surface area contributed by atoms with Gasteiger partial charge >= 0.3 is 0 Å². The summed E-state index contributed by atoms with van der Waals surface area (Å²) in [6.07, 6.45) is -6.37. The van der Waals surface area contributed by atoms with Gasteiger partial charge in [-0.1, -0.05) is 12.8 Å². The Balaban J connectivity index is 3.44. The summed E-state index contributed by atoms with van der Waals surface area (Å²) >= 11 is 0. The van der Waals surface area contributed by atoms with Gasteiger partial charge in [0.05, 0.1) is 6.67 Å². The van der Waals surface area contributed by atoms with Gasteiger partial charge in [0.15, 0.2) is 6.17 Å². The highest BCUT2D eigenvalue weighted by Gasteiger charge is 2.27. The molecule has 3 unspecified atom stereocenters. The molecule has 0 aromatic rings. The van der Waals surface area contributed by atoms with Crippen LogP contribution < -0.4 is 0 Å². The van der Waals surface area contributed by atoms with Crippen LogP contribution in [0.25, 0.3) is 0 Å². The molecule has 0 aromatic heterocycles. The summed E-state index contributed by atoms with van der Waals surface area (Å²) in [6.45, 7) is -0.484. The summed E-state index contributed by atoms with van der Waals surface area (Å²) < 4.78 is 48.3. The van der Waals surface area contributed by atoms with Gasteiger partial charge < -0.3 is 5.11 Å². The van der Waals surface area contributed by atoms with Crippen molar-refractivity contribution in [1.29, 1.82) is 0 Å². The summed E-state index contributed by atoms with van der Waals surface area (Å²) in [5, 5.41) is 8.05. The minimum absolute atomic E-state index is 0.178. The molecule has 3 atom stereocenters. The Hall–Kier alpha value is -0.320. The number of aliphatic hydroxyl groups excluding tert-OH is 1. The van der Waals surface area contributed by atoms with Crippen LogP contribution in [0.1, 0.15) is 25.7 Å². The van der Waals surface area contributed by atoms with Gasteiger partial charge in [0.2, 0.25) is 6.36 Å². The van der Waals surface area contributed by atoms with Gasteiger partial charge in [0.1, 0.15) is 6.17 Å². The van der Waals surface area contributed by atoms with Gasteiger partial charge in [-0.25, -0.2) is 13.2 Å². The van der Waals surface area contributed by atoms with Gasteiger partial charge in [0, 0.05) is 0 Å². The predicted molar refractivity (Wildman–Crippen MR) is 41.3 cm³/mol. The van der Waals surface area contributed by atoms with E-state index < -0.39 is 25.4 Å². The summed E-state index contributed by atoms with van der Waals surface area (Å²) in [5.74, 6) is 0. The lowest BCUT2D eigenvalue weighted by Crippen LogP contribution is -2.27. The zero-order chi connectivity index (χ0) is 10.3. The lowest BCUT2D eigenvalue weighted by Gasteiger charge is -2.13. The van der Waals surface area contributed by atoms with Crippen molar-refractivity contribution in [3.05, 3.63) is 0 Å². The predicted octanol–water partition coefficient (Wildman–Crippen LogP) is 2.48. The third kappa shape index (κ3) is 5.85. The SMILES string of the molecule is OC(F)C(F)C(F)CCCCCF. The molecule has 0 radical (unpaired) electrons. The van der Waals surface area contributed by atoms with E-state index in [1.807, 2.05) is 0 Å². The lowest BCUT2D eigenvalue weighted by molar-refractivity contribution is -0.0586. The Morgan fingerprint density at radius 2 is 1.62 bits per heavy atom. The molecule has 0 aliphatic heterocycles. The third-order valence-corrected chi connectivity index (χ3v) is 1.72. The first-order valence-electron chi connectivity index (χ1n) is 4.26. The Morgan fingerprint density at radius 3 is 2.08 bits per heavy atom. The standard InChI is InChI=1S/C8H14F4O/c9-5-3-1-2-4-6(10)7(11)8(12)13/h6-8,13H,1-5H2. The second kappa shape index (κ2) is 7.12. The van der Waals surface area contributed by atoms with Gasteiger partial charge in [-0.15, -0.1) is 0 Å². The van der Waals surface area contributed by atoms with Crippen LogP contribution in [0.5, 0.6) is 0 Å². The number of aliphatic hydroxyl groups is 1. The quantitative estimate of drug-likeness (QED) is 0.496. The fourth-order valence-electron chi connectivity index (χ4n) is 0.942. The number of halogens is 4. The van der Waals surface area contributed by atoms with Crippen LogP contribution in [-0.4, -0.2) is 30.5 Å². The number of alkyl halides is 4. The molecule has 1 nitrogen and oxygen atoms in total. The first-order chi connectivity index (χ1) is 6.09. The van der Waals surface area contributed by atoms with Crippen molar-refractivity contribution in [2.24, 2.45) is 0 Å². The van der Waals surface area contributed by atoms with Gasteiger partial charge in [0.25, 0.3) is 0 Å². The fraction of sp³-hybridized carbons (Fsp3) is 1.00. The molecule has 0 aliphatic carbocycles. The van der Waals surface area contributed by atoms with E-state index in [2.05, 4.69) is 0 Å². The van der Waals surface area contributed by atoms with Gasteiger partial charge in [-0.05, 0) is 12.8 Å². The molecule has 0 aliphatic rings. The Labute approximate surface area is 74.8 Å². The largest absolute Gasteiger partial charge is 0.362 e. The molecule has 5 heteroatoms. The average Bonchev–Trinajstić information content (AvgIpc) is 2.10.